The van der Waals surface area contributed by atoms with Gasteiger partial charge in [0.1, 0.15) is 11.8 Å². The van der Waals surface area contributed by atoms with E-state index in [-0.39, 0.29) is 0 Å². The number of nitrogens with one attached hydrogen (secondary N) is 1. The molecule has 1 heterocycles. The Kier molecular flexibility index (Phi) is 4.58. The van der Waals surface area contributed by atoms with Gasteiger partial charge in [-0.2, -0.15) is 10.4 Å². The van der Waals surface area contributed by atoms with Crippen LogP contribution in [0.1, 0.15) is 5.56 Å². The third kappa shape index (κ3) is 3.28. The summed E-state index contributed by atoms with van der Waals surface area (Å²) in [7, 11) is 3.24. The summed E-state index contributed by atoms with van der Waals surface area (Å²) in [6, 6.07) is 7.40. The number of hydrogen-bond donors (Lipinski definition) is 1. The van der Waals surface area contributed by atoms with E-state index in [1.165, 1.54) is 0 Å². The molecule has 0 saturated heterocycles. The first-order chi connectivity index (χ1) is 9.76. The van der Waals surface area contributed by atoms with Gasteiger partial charge in [-0.15, -0.1) is 0 Å². The number of nitriles is 1. The van der Waals surface area contributed by atoms with Crippen molar-refractivity contribution in [3.05, 3.63) is 36.2 Å². The lowest BCUT2D eigenvalue weighted by Gasteiger charge is -2.08. The fourth-order valence-electron chi connectivity index (χ4n) is 1.74. The van der Waals surface area contributed by atoms with Gasteiger partial charge < -0.3 is 14.8 Å². The maximum Gasteiger partial charge on any atom is 0.121 e. The van der Waals surface area contributed by atoms with Crippen molar-refractivity contribution in [3.63, 3.8) is 0 Å². The van der Waals surface area contributed by atoms with Gasteiger partial charge in [0, 0.05) is 19.4 Å². The van der Waals surface area contributed by atoms with E-state index in [0.717, 1.165) is 5.69 Å². The fourth-order valence-corrected chi connectivity index (χ4v) is 1.74. The molecular formula is C14H16N4O2. The quantitative estimate of drug-likeness (QED) is 0.872. The van der Waals surface area contributed by atoms with Crippen molar-refractivity contribution in [1.29, 1.82) is 5.26 Å². The number of hydrogen-bond acceptors (Lipinski definition) is 5. The SMILES string of the molecule is COCCn1cc(Nc2cc(OC)ccc2C#N)cn1. The molecule has 0 saturated carbocycles. The highest BCUT2D eigenvalue weighted by molar-refractivity contribution is 5.67. The number of aromatic nitrogens is 2. The van der Waals surface area contributed by atoms with Gasteiger partial charge in [0.25, 0.3) is 0 Å². The van der Waals surface area contributed by atoms with Gasteiger partial charge in [0.15, 0.2) is 0 Å². The first kappa shape index (κ1) is 13.9. The van der Waals surface area contributed by atoms with Crippen LogP contribution in [0, 0.1) is 11.3 Å². The molecule has 0 aliphatic carbocycles. The summed E-state index contributed by atoms with van der Waals surface area (Å²) in [6.45, 7) is 1.28. The fraction of sp³-hybridized carbons (Fsp3) is 0.286. The molecule has 0 atom stereocenters. The van der Waals surface area contributed by atoms with Crippen molar-refractivity contribution in [3.8, 4) is 11.8 Å². The number of nitrogens with zero attached hydrogens (tertiary/aromatic N) is 3. The summed E-state index contributed by atoms with van der Waals surface area (Å²) in [4.78, 5) is 0. The van der Waals surface area contributed by atoms with Crippen LogP contribution in [0.15, 0.2) is 30.6 Å². The average molecular weight is 272 g/mol. The van der Waals surface area contributed by atoms with E-state index in [9.17, 15) is 0 Å². The Hall–Kier alpha value is -2.52. The molecule has 0 aliphatic heterocycles. The van der Waals surface area contributed by atoms with Crippen molar-refractivity contribution >= 4 is 11.4 Å². The molecule has 6 nitrogen and oxygen atoms in total. The molecule has 1 aromatic carbocycles. The lowest BCUT2D eigenvalue weighted by Crippen LogP contribution is -2.03. The zero-order valence-corrected chi connectivity index (χ0v) is 11.5. The maximum atomic E-state index is 9.11. The molecule has 1 N–H and O–H groups in total. The van der Waals surface area contributed by atoms with E-state index in [1.807, 2.05) is 6.20 Å². The van der Waals surface area contributed by atoms with Crippen LogP contribution < -0.4 is 10.1 Å². The minimum Gasteiger partial charge on any atom is -0.497 e. The molecule has 0 spiro atoms. The standard InChI is InChI=1S/C14H16N4O2/c1-19-6-5-18-10-12(9-16-18)17-14-7-13(20-2)4-3-11(14)8-15/h3-4,7,9-10,17H,5-6H2,1-2H3. The number of benzene rings is 1. The third-order valence-electron chi connectivity index (χ3n) is 2.78. The minimum absolute atomic E-state index is 0.551. The smallest absolute Gasteiger partial charge is 0.121 e. The van der Waals surface area contributed by atoms with Crippen LogP contribution in [0.5, 0.6) is 5.75 Å². The van der Waals surface area contributed by atoms with Gasteiger partial charge in [-0.25, -0.2) is 0 Å². The second kappa shape index (κ2) is 6.59. The van der Waals surface area contributed by atoms with Crippen LogP contribution in [0.2, 0.25) is 0 Å². The highest BCUT2D eigenvalue weighted by atomic mass is 16.5. The zero-order chi connectivity index (χ0) is 14.4. The van der Waals surface area contributed by atoms with E-state index in [4.69, 9.17) is 14.7 Å². The molecule has 0 unspecified atom stereocenters. The molecule has 0 fully saturated rings. The number of rotatable bonds is 6. The molecule has 0 amide bonds. The Labute approximate surface area is 117 Å². The topological polar surface area (TPSA) is 72.1 Å². The summed E-state index contributed by atoms with van der Waals surface area (Å²) in [5, 5.41) is 16.5. The van der Waals surface area contributed by atoms with Crippen LogP contribution in [-0.4, -0.2) is 30.6 Å². The van der Waals surface area contributed by atoms with Gasteiger partial charge >= 0.3 is 0 Å². The van der Waals surface area contributed by atoms with Crippen molar-refractivity contribution in [1.82, 2.24) is 9.78 Å². The van der Waals surface area contributed by atoms with E-state index >= 15 is 0 Å². The van der Waals surface area contributed by atoms with E-state index in [2.05, 4.69) is 16.5 Å². The molecule has 0 bridgehead atoms. The number of anilines is 2. The number of ether oxygens (including phenoxy) is 2. The molecule has 2 rings (SSSR count). The van der Waals surface area contributed by atoms with Gasteiger partial charge in [0.05, 0.1) is 43.4 Å². The van der Waals surface area contributed by atoms with Crippen LogP contribution in [0.3, 0.4) is 0 Å². The first-order valence-corrected chi connectivity index (χ1v) is 6.13. The molecule has 2 aromatic rings. The van der Waals surface area contributed by atoms with Crippen LogP contribution in [-0.2, 0) is 11.3 Å². The Morgan fingerprint density at radius 2 is 2.25 bits per heavy atom. The normalized spacial score (nSPS) is 10.1. The first-order valence-electron chi connectivity index (χ1n) is 6.13. The highest BCUT2D eigenvalue weighted by Gasteiger charge is 2.06. The van der Waals surface area contributed by atoms with Gasteiger partial charge in [-0.3, -0.25) is 4.68 Å². The Balaban J connectivity index is 2.16. The van der Waals surface area contributed by atoms with E-state index in [0.29, 0.717) is 30.2 Å². The maximum absolute atomic E-state index is 9.11. The Morgan fingerprint density at radius 3 is 2.95 bits per heavy atom. The monoisotopic (exact) mass is 272 g/mol. The number of methoxy groups -OCH3 is 2. The largest absolute Gasteiger partial charge is 0.497 e. The molecule has 0 aliphatic rings. The lowest BCUT2D eigenvalue weighted by molar-refractivity contribution is 0.183. The molecule has 6 heteroatoms. The summed E-state index contributed by atoms with van der Waals surface area (Å²) in [6.07, 6.45) is 3.57. The van der Waals surface area contributed by atoms with Gasteiger partial charge in [0.2, 0.25) is 0 Å². The van der Waals surface area contributed by atoms with Crippen molar-refractivity contribution < 1.29 is 9.47 Å². The lowest BCUT2D eigenvalue weighted by atomic mass is 10.2. The second-order valence-corrected chi connectivity index (χ2v) is 4.13. The predicted octanol–water partition coefficient (Wildman–Crippen LogP) is 2.15. The zero-order valence-electron chi connectivity index (χ0n) is 11.5. The molecule has 1 aromatic heterocycles. The van der Waals surface area contributed by atoms with E-state index in [1.54, 1.807) is 43.3 Å². The Morgan fingerprint density at radius 1 is 1.40 bits per heavy atom. The molecular weight excluding hydrogens is 256 g/mol. The van der Waals surface area contributed by atoms with Crippen LogP contribution in [0.25, 0.3) is 0 Å². The molecule has 104 valence electrons. The molecule has 0 radical (unpaired) electrons. The van der Waals surface area contributed by atoms with Crippen molar-refractivity contribution in [2.75, 3.05) is 26.1 Å². The van der Waals surface area contributed by atoms with Gasteiger partial charge in [-0.05, 0) is 12.1 Å². The van der Waals surface area contributed by atoms with Crippen LogP contribution >= 0.6 is 0 Å². The van der Waals surface area contributed by atoms with Crippen LogP contribution in [0.4, 0.5) is 11.4 Å². The van der Waals surface area contributed by atoms with E-state index < -0.39 is 0 Å². The minimum atomic E-state index is 0.551. The van der Waals surface area contributed by atoms with Gasteiger partial charge in [-0.1, -0.05) is 0 Å². The van der Waals surface area contributed by atoms with Crippen molar-refractivity contribution in [2.24, 2.45) is 0 Å². The second-order valence-electron chi connectivity index (χ2n) is 4.13. The summed E-state index contributed by atoms with van der Waals surface area (Å²) < 4.78 is 11.9. The highest BCUT2D eigenvalue weighted by Crippen LogP contribution is 2.25. The Bertz CT molecular complexity index is 616. The van der Waals surface area contributed by atoms with Crippen molar-refractivity contribution in [2.45, 2.75) is 6.54 Å². The predicted molar refractivity (Wildman–Crippen MR) is 75.1 cm³/mol. The third-order valence-corrected chi connectivity index (χ3v) is 2.78. The summed E-state index contributed by atoms with van der Waals surface area (Å²) >= 11 is 0. The summed E-state index contributed by atoms with van der Waals surface area (Å²) in [5.74, 6) is 0.693. The average Bonchev–Trinajstić information content (AvgIpc) is 2.92. The summed E-state index contributed by atoms with van der Waals surface area (Å²) in [5.41, 5.74) is 2.06. The molecule has 20 heavy (non-hydrogen) atoms.